The average Bonchev–Trinajstić information content (AvgIpc) is 2.90. The van der Waals surface area contributed by atoms with Gasteiger partial charge in [-0.2, -0.15) is 0 Å². The summed E-state index contributed by atoms with van der Waals surface area (Å²) in [5.74, 6) is -0.161. The van der Waals surface area contributed by atoms with Crippen molar-refractivity contribution in [3.05, 3.63) is 21.4 Å². The molecule has 1 N–H and O–H groups in total. The number of hydrogen-bond donors (Lipinski definition) is 1. The summed E-state index contributed by atoms with van der Waals surface area (Å²) >= 11 is 1.57. The molecule has 1 aliphatic heterocycles. The third kappa shape index (κ3) is 2.98. The number of piperidine rings is 1. The molecule has 0 bridgehead atoms. The highest BCUT2D eigenvalue weighted by molar-refractivity contribution is 7.14. The number of carboxylic acid groups (broad SMARTS) is 1. The van der Waals surface area contributed by atoms with E-state index in [0.29, 0.717) is 18.8 Å². The summed E-state index contributed by atoms with van der Waals surface area (Å²) in [6.45, 7) is 3.93. The second kappa shape index (κ2) is 5.79. The van der Waals surface area contributed by atoms with E-state index in [9.17, 15) is 9.59 Å². The fourth-order valence-corrected chi connectivity index (χ4v) is 4.38. The topological polar surface area (TPSA) is 57.6 Å². The molecule has 0 spiro atoms. The van der Waals surface area contributed by atoms with E-state index < -0.39 is 5.97 Å². The van der Waals surface area contributed by atoms with Crippen molar-refractivity contribution >= 4 is 23.2 Å². The molecule has 4 nitrogen and oxygen atoms in total. The van der Waals surface area contributed by atoms with Gasteiger partial charge in [0.05, 0.1) is 10.8 Å². The highest BCUT2D eigenvalue weighted by atomic mass is 32.1. The molecule has 5 heteroatoms. The van der Waals surface area contributed by atoms with Crippen LogP contribution in [0.1, 0.15) is 46.3 Å². The van der Waals surface area contributed by atoms with Crippen molar-refractivity contribution in [1.29, 1.82) is 0 Å². The third-order valence-corrected chi connectivity index (χ3v) is 5.94. The first-order chi connectivity index (χ1) is 10.0. The smallest absolute Gasteiger partial charge is 0.306 e. The van der Waals surface area contributed by atoms with Crippen LogP contribution in [0.3, 0.4) is 0 Å². The van der Waals surface area contributed by atoms with E-state index >= 15 is 0 Å². The number of likely N-dealkylation sites (tertiary alicyclic amines) is 1. The molecule has 0 radical (unpaired) electrons. The second-order valence-corrected chi connectivity index (χ2v) is 7.45. The van der Waals surface area contributed by atoms with Crippen LogP contribution in [0.15, 0.2) is 6.07 Å². The summed E-state index contributed by atoms with van der Waals surface area (Å²) in [6, 6.07) is 1.94. The van der Waals surface area contributed by atoms with Gasteiger partial charge in [0, 0.05) is 18.0 Å². The van der Waals surface area contributed by atoms with Gasteiger partial charge in [-0.05, 0) is 49.7 Å². The fourth-order valence-electron chi connectivity index (χ4n) is 3.21. The van der Waals surface area contributed by atoms with Crippen LogP contribution in [0.2, 0.25) is 0 Å². The van der Waals surface area contributed by atoms with Gasteiger partial charge >= 0.3 is 5.97 Å². The van der Waals surface area contributed by atoms with E-state index in [0.717, 1.165) is 42.8 Å². The Morgan fingerprint density at radius 3 is 2.67 bits per heavy atom. The zero-order valence-corrected chi connectivity index (χ0v) is 13.1. The first kappa shape index (κ1) is 14.6. The number of fused-ring (bicyclic) bond motifs is 1. The molecule has 21 heavy (non-hydrogen) atoms. The molecule has 2 heterocycles. The Kier molecular flexibility index (Phi) is 4.02. The number of thiophene rings is 1. The minimum atomic E-state index is -0.718. The molecule has 0 aromatic carbocycles. The summed E-state index contributed by atoms with van der Waals surface area (Å²) in [4.78, 5) is 27.6. The Morgan fingerprint density at radius 1 is 1.29 bits per heavy atom. The maximum Gasteiger partial charge on any atom is 0.306 e. The van der Waals surface area contributed by atoms with Crippen LogP contribution >= 0.6 is 11.3 Å². The largest absolute Gasteiger partial charge is 0.481 e. The number of carbonyl (C=O) groups excluding carboxylic acids is 1. The van der Waals surface area contributed by atoms with Crippen molar-refractivity contribution in [2.24, 2.45) is 11.8 Å². The number of carbonyl (C=O) groups is 2. The number of rotatable bonds is 2. The van der Waals surface area contributed by atoms with E-state index in [2.05, 4.69) is 6.92 Å². The van der Waals surface area contributed by atoms with E-state index in [-0.39, 0.29) is 11.8 Å². The van der Waals surface area contributed by atoms with Gasteiger partial charge in [-0.15, -0.1) is 11.3 Å². The van der Waals surface area contributed by atoms with E-state index in [1.54, 1.807) is 11.3 Å². The number of carboxylic acids is 1. The Balaban J connectivity index is 1.73. The van der Waals surface area contributed by atoms with Gasteiger partial charge in [0.1, 0.15) is 0 Å². The van der Waals surface area contributed by atoms with Crippen molar-refractivity contribution < 1.29 is 14.7 Å². The minimum Gasteiger partial charge on any atom is -0.481 e. The zero-order chi connectivity index (χ0) is 15.0. The number of hydrogen-bond acceptors (Lipinski definition) is 3. The molecule has 1 aromatic heterocycles. The van der Waals surface area contributed by atoms with Crippen LogP contribution in [0.5, 0.6) is 0 Å². The van der Waals surface area contributed by atoms with E-state index in [1.807, 2.05) is 11.0 Å². The number of nitrogens with zero attached hydrogens (tertiary/aromatic N) is 1. The van der Waals surface area contributed by atoms with Crippen LogP contribution in [-0.2, 0) is 17.6 Å². The normalized spacial score (nSPS) is 22.9. The lowest BCUT2D eigenvalue weighted by molar-refractivity contribution is -0.142. The van der Waals surface area contributed by atoms with E-state index in [4.69, 9.17) is 5.11 Å². The molecule has 1 amide bonds. The quantitative estimate of drug-likeness (QED) is 0.914. The van der Waals surface area contributed by atoms with Crippen LogP contribution < -0.4 is 0 Å². The third-order valence-electron chi connectivity index (χ3n) is 4.71. The summed E-state index contributed by atoms with van der Waals surface area (Å²) in [5, 5.41) is 9.14. The first-order valence-electron chi connectivity index (χ1n) is 7.68. The molecular formula is C16H21NO3S. The summed E-state index contributed by atoms with van der Waals surface area (Å²) in [5.41, 5.74) is 1.08. The average molecular weight is 307 g/mol. The maximum absolute atomic E-state index is 12.6. The predicted molar refractivity (Wildman–Crippen MR) is 81.8 cm³/mol. The first-order valence-corrected chi connectivity index (χ1v) is 8.50. The van der Waals surface area contributed by atoms with Crippen molar-refractivity contribution in [3.8, 4) is 0 Å². The molecule has 1 atom stereocenters. The van der Waals surface area contributed by atoms with Crippen LogP contribution in [0, 0.1) is 11.8 Å². The lowest BCUT2D eigenvalue weighted by atomic mass is 9.88. The van der Waals surface area contributed by atoms with Gasteiger partial charge < -0.3 is 10.0 Å². The Hall–Kier alpha value is -1.36. The Morgan fingerprint density at radius 2 is 2.00 bits per heavy atom. The second-order valence-electron chi connectivity index (χ2n) is 6.31. The summed E-state index contributed by atoms with van der Waals surface area (Å²) < 4.78 is 0. The zero-order valence-electron chi connectivity index (χ0n) is 12.3. The number of aryl methyl sites for hydroxylation is 1. The minimum absolute atomic E-state index is 0.133. The number of aliphatic carboxylic acids is 1. The summed E-state index contributed by atoms with van der Waals surface area (Å²) in [7, 11) is 0. The Labute approximate surface area is 128 Å². The SMILES string of the molecule is CC1CCN(C(=O)c2cc3c(s2)CC[C@@H](C(=O)O)C3)CC1. The van der Waals surface area contributed by atoms with Crippen LogP contribution in [0.4, 0.5) is 0 Å². The highest BCUT2D eigenvalue weighted by Crippen LogP contribution is 2.33. The highest BCUT2D eigenvalue weighted by Gasteiger charge is 2.29. The van der Waals surface area contributed by atoms with Crippen molar-refractivity contribution in [1.82, 2.24) is 4.90 Å². The number of amides is 1. The molecule has 3 rings (SSSR count). The lowest BCUT2D eigenvalue weighted by Gasteiger charge is -2.29. The molecule has 0 saturated carbocycles. The molecule has 1 fully saturated rings. The Bertz CT molecular complexity index is 558. The van der Waals surface area contributed by atoms with Crippen molar-refractivity contribution in [2.45, 2.75) is 39.0 Å². The van der Waals surface area contributed by atoms with Gasteiger partial charge in [-0.25, -0.2) is 0 Å². The summed E-state index contributed by atoms with van der Waals surface area (Å²) in [6.07, 6.45) is 4.22. The van der Waals surface area contributed by atoms with Crippen LogP contribution in [0.25, 0.3) is 0 Å². The molecule has 1 aromatic rings. The van der Waals surface area contributed by atoms with Gasteiger partial charge in [-0.3, -0.25) is 9.59 Å². The molecule has 2 aliphatic rings. The van der Waals surface area contributed by atoms with Crippen molar-refractivity contribution in [2.75, 3.05) is 13.1 Å². The maximum atomic E-state index is 12.6. The standard InChI is InChI=1S/C16H21NO3S/c1-10-4-6-17(7-5-10)15(18)14-9-12-8-11(16(19)20)2-3-13(12)21-14/h9-11H,2-8H2,1H3,(H,19,20)/t11-/m1/s1. The fraction of sp³-hybridized carbons (Fsp3) is 0.625. The van der Waals surface area contributed by atoms with Crippen molar-refractivity contribution in [3.63, 3.8) is 0 Å². The predicted octanol–water partition coefficient (Wildman–Crippen LogP) is 2.81. The van der Waals surface area contributed by atoms with E-state index in [1.165, 1.54) is 4.88 Å². The monoisotopic (exact) mass is 307 g/mol. The molecule has 114 valence electrons. The molecule has 1 aliphatic carbocycles. The van der Waals surface area contributed by atoms with Crippen LogP contribution in [-0.4, -0.2) is 35.0 Å². The van der Waals surface area contributed by atoms with Gasteiger partial charge in [0.25, 0.3) is 5.91 Å². The lowest BCUT2D eigenvalue weighted by Crippen LogP contribution is -2.37. The van der Waals surface area contributed by atoms with Gasteiger partial charge in [0.15, 0.2) is 0 Å². The molecule has 0 unspecified atom stereocenters. The van der Waals surface area contributed by atoms with Gasteiger partial charge in [-0.1, -0.05) is 6.92 Å². The molecular weight excluding hydrogens is 286 g/mol. The van der Waals surface area contributed by atoms with Gasteiger partial charge in [0.2, 0.25) is 0 Å². The molecule has 1 saturated heterocycles.